The van der Waals surface area contributed by atoms with E-state index in [0.717, 1.165) is 30.0 Å². The summed E-state index contributed by atoms with van der Waals surface area (Å²) in [6.07, 6.45) is -0.777. The van der Waals surface area contributed by atoms with E-state index in [2.05, 4.69) is 47.8 Å². The average Bonchev–Trinajstić information content (AvgIpc) is 2.83. The molecule has 1 atom stereocenters. The van der Waals surface area contributed by atoms with Crippen LogP contribution in [0.25, 0.3) is 11.0 Å². The molecule has 0 saturated carbocycles. The zero-order chi connectivity index (χ0) is 14.3. The maximum Gasteiger partial charge on any atom is 0.148 e. The monoisotopic (exact) mass is 458 g/mol. The third kappa shape index (κ3) is 2.72. The van der Waals surface area contributed by atoms with Crippen molar-refractivity contribution in [3.63, 3.8) is 0 Å². The summed E-state index contributed by atoms with van der Waals surface area (Å²) in [5.74, 6) is 0.529. The highest BCUT2D eigenvalue weighted by Crippen LogP contribution is 2.34. The van der Waals surface area contributed by atoms with Gasteiger partial charge in [-0.25, -0.2) is 0 Å². The molecular formula is C15H9Br3O2. The zero-order valence-corrected chi connectivity index (χ0v) is 14.9. The zero-order valence-electron chi connectivity index (χ0n) is 10.1. The molecule has 1 heterocycles. The van der Waals surface area contributed by atoms with Gasteiger partial charge in [0.15, 0.2) is 0 Å². The predicted molar refractivity (Wildman–Crippen MR) is 89.8 cm³/mol. The molecule has 3 aromatic rings. The molecule has 0 bridgehead atoms. The Morgan fingerprint density at radius 1 is 0.900 bits per heavy atom. The van der Waals surface area contributed by atoms with Gasteiger partial charge in [-0.15, -0.1) is 0 Å². The van der Waals surface area contributed by atoms with Crippen LogP contribution < -0.4 is 0 Å². The van der Waals surface area contributed by atoms with Crippen molar-refractivity contribution in [3.05, 3.63) is 67.2 Å². The number of aliphatic hydroxyl groups is 1. The first-order valence-electron chi connectivity index (χ1n) is 5.86. The van der Waals surface area contributed by atoms with Crippen LogP contribution in [-0.2, 0) is 0 Å². The number of furan rings is 1. The van der Waals surface area contributed by atoms with Crippen molar-refractivity contribution in [1.29, 1.82) is 0 Å². The van der Waals surface area contributed by atoms with Crippen molar-refractivity contribution in [2.75, 3.05) is 0 Å². The number of halogens is 3. The highest BCUT2D eigenvalue weighted by Gasteiger charge is 2.17. The van der Waals surface area contributed by atoms with Crippen molar-refractivity contribution in [2.45, 2.75) is 6.10 Å². The third-order valence-corrected chi connectivity index (χ3v) is 4.59. The average molecular weight is 461 g/mol. The fraction of sp³-hybridized carbons (Fsp3) is 0.0667. The molecule has 0 amide bonds. The Labute approximate surface area is 141 Å². The number of hydrogen-bond donors (Lipinski definition) is 1. The Bertz CT molecular complexity index is 763. The predicted octanol–water partition coefficient (Wildman–Crippen LogP) is 5.80. The first kappa shape index (κ1) is 14.3. The Hall–Kier alpha value is -0.620. The van der Waals surface area contributed by atoms with E-state index in [1.165, 1.54) is 0 Å². The Balaban J connectivity index is 2.05. The second-order valence-corrected chi connectivity index (χ2v) is 7.09. The van der Waals surface area contributed by atoms with Gasteiger partial charge in [0, 0.05) is 14.3 Å². The number of aliphatic hydroxyl groups excluding tert-OH is 1. The van der Waals surface area contributed by atoms with Gasteiger partial charge in [0.25, 0.3) is 0 Å². The molecule has 0 saturated heterocycles. The largest absolute Gasteiger partial charge is 0.457 e. The summed E-state index contributed by atoms with van der Waals surface area (Å²) < 4.78 is 8.57. The van der Waals surface area contributed by atoms with Crippen LogP contribution in [0.5, 0.6) is 0 Å². The summed E-state index contributed by atoms with van der Waals surface area (Å²) in [6, 6.07) is 13.3. The number of hydrogen-bond acceptors (Lipinski definition) is 2. The maximum atomic E-state index is 10.4. The van der Waals surface area contributed by atoms with Crippen LogP contribution in [0.1, 0.15) is 17.4 Å². The van der Waals surface area contributed by atoms with Crippen molar-refractivity contribution in [2.24, 2.45) is 0 Å². The maximum absolute atomic E-state index is 10.4. The molecule has 20 heavy (non-hydrogen) atoms. The lowest BCUT2D eigenvalue weighted by molar-refractivity contribution is 0.192. The minimum absolute atomic E-state index is 0.529. The van der Waals surface area contributed by atoms with Gasteiger partial charge in [-0.1, -0.05) is 44.0 Å². The highest BCUT2D eigenvalue weighted by molar-refractivity contribution is 9.11. The normalized spacial score (nSPS) is 12.8. The van der Waals surface area contributed by atoms with E-state index in [-0.39, 0.29) is 0 Å². The Morgan fingerprint density at radius 3 is 2.30 bits per heavy atom. The van der Waals surface area contributed by atoms with Crippen LogP contribution in [0.3, 0.4) is 0 Å². The molecule has 0 fully saturated rings. The summed E-state index contributed by atoms with van der Waals surface area (Å²) in [6.45, 7) is 0. The van der Waals surface area contributed by atoms with Gasteiger partial charge in [-0.2, -0.15) is 0 Å². The van der Waals surface area contributed by atoms with E-state index in [9.17, 15) is 5.11 Å². The van der Waals surface area contributed by atoms with Gasteiger partial charge < -0.3 is 9.52 Å². The van der Waals surface area contributed by atoms with Gasteiger partial charge in [-0.3, -0.25) is 0 Å². The SMILES string of the molecule is O[C@H](c1ccc(Br)cc1)c1cc2cc(Br)cc(Br)c2o1. The van der Waals surface area contributed by atoms with Crippen molar-refractivity contribution < 1.29 is 9.52 Å². The van der Waals surface area contributed by atoms with Crippen LogP contribution in [0.2, 0.25) is 0 Å². The van der Waals surface area contributed by atoms with Crippen molar-refractivity contribution >= 4 is 58.8 Å². The standard InChI is InChI=1S/C15H9Br3O2/c16-10-3-1-8(2-4-10)14(19)13-6-9-5-11(17)7-12(18)15(9)20-13/h1-7,14,19H/t14-/m1/s1. The lowest BCUT2D eigenvalue weighted by Crippen LogP contribution is -1.97. The lowest BCUT2D eigenvalue weighted by Gasteiger charge is -2.07. The van der Waals surface area contributed by atoms with Crippen molar-refractivity contribution in [1.82, 2.24) is 0 Å². The van der Waals surface area contributed by atoms with E-state index < -0.39 is 6.10 Å². The Morgan fingerprint density at radius 2 is 1.60 bits per heavy atom. The van der Waals surface area contributed by atoms with Gasteiger partial charge in [-0.05, 0) is 51.8 Å². The van der Waals surface area contributed by atoms with Crippen LogP contribution in [0, 0.1) is 0 Å². The lowest BCUT2D eigenvalue weighted by atomic mass is 10.1. The molecule has 102 valence electrons. The quantitative estimate of drug-likeness (QED) is 0.524. The molecule has 0 spiro atoms. The molecule has 1 N–H and O–H groups in total. The molecule has 2 aromatic carbocycles. The van der Waals surface area contributed by atoms with Crippen LogP contribution in [-0.4, -0.2) is 5.11 Å². The second-order valence-electron chi connectivity index (χ2n) is 4.41. The molecule has 0 aliphatic carbocycles. The Kier molecular flexibility index (Phi) is 4.04. The van der Waals surface area contributed by atoms with Crippen molar-refractivity contribution in [3.8, 4) is 0 Å². The number of rotatable bonds is 2. The molecule has 0 aliphatic heterocycles. The summed E-state index contributed by atoms with van der Waals surface area (Å²) in [4.78, 5) is 0. The first-order chi connectivity index (χ1) is 9.54. The summed E-state index contributed by atoms with van der Waals surface area (Å²) >= 11 is 10.3. The van der Waals surface area contributed by atoms with E-state index in [1.54, 1.807) is 0 Å². The van der Waals surface area contributed by atoms with E-state index >= 15 is 0 Å². The number of fused-ring (bicyclic) bond motifs is 1. The van der Waals surface area contributed by atoms with Crippen LogP contribution in [0.4, 0.5) is 0 Å². The summed E-state index contributed by atoms with van der Waals surface area (Å²) in [5.41, 5.74) is 1.53. The molecule has 0 unspecified atom stereocenters. The minimum Gasteiger partial charge on any atom is -0.457 e. The topological polar surface area (TPSA) is 33.4 Å². The first-order valence-corrected chi connectivity index (χ1v) is 8.24. The molecular weight excluding hydrogens is 452 g/mol. The minimum atomic E-state index is -0.777. The van der Waals surface area contributed by atoms with Gasteiger partial charge in [0.1, 0.15) is 17.4 Å². The number of benzene rings is 2. The van der Waals surface area contributed by atoms with Gasteiger partial charge >= 0.3 is 0 Å². The summed E-state index contributed by atoms with van der Waals surface area (Å²) in [7, 11) is 0. The molecule has 2 nitrogen and oxygen atoms in total. The van der Waals surface area contributed by atoms with Crippen LogP contribution in [0.15, 0.2) is 60.3 Å². The third-order valence-electron chi connectivity index (χ3n) is 3.01. The molecule has 0 aliphatic rings. The van der Waals surface area contributed by atoms with Gasteiger partial charge in [0.05, 0.1) is 4.47 Å². The fourth-order valence-electron chi connectivity index (χ4n) is 2.04. The molecule has 1 aromatic heterocycles. The smallest absolute Gasteiger partial charge is 0.148 e. The van der Waals surface area contributed by atoms with Crippen LogP contribution >= 0.6 is 47.8 Å². The summed E-state index contributed by atoms with van der Waals surface area (Å²) in [5, 5.41) is 11.3. The molecule has 3 rings (SSSR count). The second kappa shape index (κ2) is 5.64. The highest BCUT2D eigenvalue weighted by atomic mass is 79.9. The molecule has 5 heteroatoms. The van der Waals surface area contributed by atoms with E-state index in [0.29, 0.717) is 5.76 Å². The molecule has 0 radical (unpaired) electrons. The van der Waals surface area contributed by atoms with Gasteiger partial charge in [0.2, 0.25) is 0 Å². The van der Waals surface area contributed by atoms with E-state index in [4.69, 9.17) is 4.42 Å². The van der Waals surface area contributed by atoms with E-state index in [1.807, 2.05) is 42.5 Å². The fourth-order valence-corrected chi connectivity index (χ4v) is 3.64.